The van der Waals surface area contributed by atoms with E-state index in [0.29, 0.717) is 17.2 Å². The SMILES string of the molecule is COC1CN(c2ccc(N)c(C#N)c2)CCC1C. The van der Waals surface area contributed by atoms with Crippen LogP contribution in [0.3, 0.4) is 0 Å². The van der Waals surface area contributed by atoms with Gasteiger partial charge in [0.05, 0.1) is 11.7 Å². The largest absolute Gasteiger partial charge is 0.398 e. The Morgan fingerprint density at radius 3 is 2.94 bits per heavy atom. The van der Waals surface area contributed by atoms with E-state index in [0.717, 1.165) is 25.2 Å². The molecule has 1 heterocycles. The van der Waals surface area contributed by atoms with Crippen molar-refractivity contribution in [3.63, 3.8) is 0 Å². The predicted octanol–water partition coefficient (Wildman–Crippen LogP) is 2.00. The third kappa shape index (κ3) is 2.41. The molecule has 18 heavy (non-hydrogen) atoms. The van der Waals surface area contributed by atoms with E-state index < -0.39 is 0 Å². The normalized spacial score (nSPS) is 23.7. The maximum absolute atomic E-state index is 9.01. The molecule has 1 fully saturated rings. The van der Waals surface area contributed by atoms with Gasteiger partial charge in [-0.1, -0.05) is 6.92 Å². The van der Waals surface area contributed by atoms with Gasteiger partial charge in [0.25, 0.3) is 0 Å². The van der Waals surface area contributed by atoms with E-state index in [1.807, 2.05) is 12.1 Å². The number of anilines is 2. The van der Waals surface area contributed by atoms with Crippen molar-refractivity contribution in [1.29, 1.82) is 5.26 Å². The summed E-state index contributed by atoms with van der Waals surface area (Å²) < 4.78 is 5.50. The zero-order chi connectivity index (χ0) is 13.1. The standard InChI is InChI=1S/C14H19N3O/c1-10-5-6-17(9-14(10)18-2)12-3-4-13(16)11(7-12)8-15/h3-4,7,10,14H,5-6,9,16H2,1-2H3. The Labute approximate surface area is 108 Å². The van der Waals surface area contributed by atoms with Crippen LogP contribution in [0.5, 0.6) is 0 Å². The Bertz CT molecular complexity index is 467. The number of benzene rings is 1. The molecule has 2 N–H and O–H groups in total. The summed E-state index contributed by atoms with van der Waals surface area (Å²) >= 11 is 0. The van der Waals surface area contributed by atoms with Crippen molar-refractivity contribution in [2.24, 2.45) is 5.92 Å². The molecule has 0 saturated carbocycles. The van der Waals surface area contributed by atoms with E-state index in [4.69, 9.17) is 15.7 Å². The maximum Gasteiger partial charge on any atom is 0.101 e. The molecule has 0 aromatic heterocycles. The molecule has 2 rings (SSSR count). The molecule has 1 aromatic rings. The molecule has 1 aliphatic heterocycles. The Morgan fingerprint density at radius 2 is 2.28 bits per heavy atom. The summed E-state index contributed by atoms with van der Waals surface area (Å²) in [6.45, 7) is 4.08. The van der Waals surface area contributed by atoms with Gasteiger partial charge in [0.2, 0.25) is 0 Å². The van der Waals surface area contributed by atoms with Crippen LogP contribution in [0.4, 0.5) is 11.4 Å². The molecule has 4 nitrogen and oxygen atoms in total. The minimum atomic E-state index is 0.252. The molecule has 1 aliphatic rings. The fourth-order valence-electron chi connectivity index (χ4n) is 2.41. The molecule has 1 aromatic carbocycles. The van der Waals surface area contributed by atoms with Crippen LogP contribution in [-0.4, -0.2) is 26.3 Å². The van der Waals surface area contributed by atoms with Crippen molar-refractivity contribution < 1.29 is 4.74 Å². The average Bonchev–Trinajstić information content (AvgIpc) is 2.40. The zero-order valence-electron chi connectivity index (χ0n) is 10.9. The van der Waals surface area contributed by atoms with Crippen molar-refractivity contribution >= 4 is 11.4 Å². The summed E-state index contributed by atoms with van der Waals surface area (Å²) in [5.74, 6) is 0.579. The van der Waals surface area contributed by atoms with Crippen LogP contribution in [-0.2, 0) is 4.74 Å². The molecule has 0 bridgehead atoms. The minimum absolute atomic E-state index is 0.252. The van der Waals surface area contributed by atoms with Gasteiger partial charge in [-0.2, -0.15) is 5.26 Å². The fraction of sp³-hybridized carbons (Fsp3) is 0.500. The molecule has 2 atom stereocenters. The first-order chi connectivity index (χ1) is 8.65. The van der Waals surface area contributed by atoms with Crippen LogP contribution < -0.4 is 10.6 Å². The number of hydrogen-bond donors (Lipinski definition) is 1. The molecule has 4 heteroatoms. The third-order valence-corrected chi connectivity index (χ3v) is 3.71. The second kappa shape index (κ2) is 5.28. The summed E-state index contributed by atoms with van der Waals surface area (Å²) in [6, 6.07) is 7.76. The van der Waals surface area contributed by atoms with Gasteiger partial charge in [-0.15, -0.1) is 0 Å². The Balaban J connectivity index is 2.20. The van der Waals surface area contributed by atoms with Crippen LogP contribution in [0, 0.1) is 17.2 Å². The summed E-state index contributed by atoms with van der Waals surface area (Å²) in [6.07, 6.45) is 1.35. The number of nitrogen functional groups attached to an aromatic ring is 1. The lowest BCUT2D eigenvalue weighted by molar-refractivity contribution is 0.0498. The smallest absolute Gasteiger partial charge is 0.101 e. The second-order valence-electron chi connectivity index (χ2n) is 4.87. The van der Waals surface area contributed by atoms with Crippen LogP contribution in [0.25, 0.3) is 0 Å². The number of piperidine rings is 1. The first-order valence-electron chi connectivity index (χ1n) is 6.23. The van der Waals surface area contributed by atoms with Crippen LogP contribution >= 0.6 is 0 Å². The van der Waals surface area contributed by atoms with Crippen LogP contribution in [0.1, 0.15) is 18.9 Å². The number of ether oxygens (including phenoxy) is 1. The van der Waals surface area contributed by atoms with Crippen molar-refractivity contribution in [2.75, 3.05) is 30.8 Å². The number of methoxy groups -OCH3 is 1. The average molecular weight is 245 g/mol. The number of nitrogens with two attached hydrogens (primary N) is 1. The van der Waals surface area contributed by atoms with Gasteiger partial charge in [0.1, 0.15) is 6.07 Å². The second-order valence-corrected chi connectivity index (χ2v) is 4.87. The molecule has 0 amide bonds. The summed E-state index contributed by atoms with van der Waals surface area (Å²) in [5.41, 5.74) is 7.87. The molecule has 1 saturated heterocycles. The topological polar surface area (TPSA) is 62.3 Å². The van der Waals surface area contributed by atoms with Crippen LogP contribution in [0.15, 0.2) is 18.2 Å². The van der Waals surface area contributed by atoms with E-state index in [2.05, 4.69) is 17.9 Å². The first-order valence-corrected chi connectivity index (χ1v) is 6.23. The Kier molecular flexibility index (Phi) is 3.73. The van der Waals surface area contributed by atoms with Gasteiger partial charge in [0, 0.05) is 31.6 Å². The quantitative estimate of drug-likeness (QED) is 0.809. The lowest BCUT2D eigenvalue weighted by atomic mass is 9.95. The van der Waals surface area contributed by atoms with Crippen molar-refractivity contribution in [3.8, 4) is 6.07 Å². The number of hydrogen-bond acceptors (Lipinski definition) is 4. The number of nitriles is 1. The van der Waals surface area contributed by atoms with Crippen molar-refractivity contribution in [2.45, 2.75) is 19.4 Å². The van der Waals surface area contributed by atoms with Crippen LogP contribution in [0.2, 0.25) is 0 Å². The van der Waals surface area contributed by atoms with E-state index in [-0.39, 0.29) is 6.10 Å². The lowest BCUT2D eigenvalue weighted by Crippen LogP contribution is -2.43. The minimum Gasteiger partial charge on any atom is -0.398 e. The predicted molar refractivity (Wildman–Crippen MR) is 72.4 cm³/mol. The van der Waals surface area contributed by atoms with E-state index in [1.165, 1.54) is 0 Å². The number of rotatable bonds is 2. The summed E-state index contributed by atoms with van der Waals surface area (Å²) in [4.78, 5) is 2.26. The molecule has 0 aliphatic carbocycles. The summed E-state index contributed by atoms with van der Waals surface area (Å²) in [7, 11) is 1.76. The van der Waals surface area contributed by atoms with Gasteiger partial charge >= 0.3 is 0 Å². The highest BCUT2D eigenvalue weighted by molar-refractivity contribution is 5.62. The Morgan fingerprint density at radius 1 is 1.50 bits per heavy atom. The molecule has 2 unspecified atom stereocenters. The van der Waals surface area contributed by atoms with Gasteiger partial charge in [-0.05, 0) is 30.5 Å². The Hall–Kier alpha value is -1.73. The monoisotopic (exact) mass is 245 g/mol. The zero-order valence-corrected chi connectivity index (χ0v) is 10.9. The lowest BCUT2D eigenvalue weighted by Gasteiger charge is -2.37. The van der Waals surface area contributed by atoms with Crippen molar-refractivity contribution in [1.82, 2.24) is 0 Å². The van der Waals surface area contributed by atoms with Gasteiger partial charge in [-0.25, -0.2) is 0 Å². The highest BCUT2D eigenvalue weighted by Crippen LogP contribution is 2.27. The highest BCUT2D eigenvalue weighted by atomic mass is 16.5. The molecule has 0 spiro atoms. The maximum atomic E-state index is 9.01. The van der Waals surface area contributed by atoms with Gasteiger partial charge in [-0.3, -0.25) is 0 Å². The summed E-state index contributed by atoms with van der Waals surface area (Å²) in [5, 5.41) is 9.01. The van der Waals surface area contributed by atoms with Gasteiger partial charge in [0.15, 0.2) is 0 Å². The van der Waals surface area contributed by atoms with E-state index in [9.17, 15) is 0 Å². The van der Waals surface area contributed by atoms with Crippen molar-refractivity contribution in [3.05, 3.63) is 23.8 Å². The van der Waals surface area contributed by atoms with Gasteiger partial charge < -0.3 is 15.4 Å². The fourth-order valence-corrected chi connectivity index (χ4v) is 2.41. The van der Waals surface area contributed by atoms with E-state index in [1.54, 1.807) is 13.2 Å². The molecule has 96 valence electrons. The molecular weight excluding hydrogens is 226 g/mol. The van der Waals surface area contributed by atoms with E-state index >= 15 is 0 Å². The number of nitrogens with zero attached hydrogens (tertiary/aromatic N) is 2. The third-order valence-electron chi connectivity index (χ3n) is 3.71. The molecule has 0 radical (unpaired) electrons. The first kappa shape index (κ1) is 12.7. The highest BCUT2D eigenvalue weighted by Gasteiger charge is 2.26. The molecular formula is C14H19N3O.